The standard InChI is InChI=1S/C11H15NO6S/c1-7(13)6-12-19(16,17)10-5-8(11(14)15)3-4-9(10)18-2/h3-5,7,12-13H,6H2,1-2H3,(H,14,15). The van der Waals surface area contributed by atoms with Gasteiger partial charge in [0, 0.05) is 6.54 Å². The van der Waals surface area contributed by atoms with Crippen LogP contribution in [0.2, 0.25) is 0 Å². The van der Waals surface area contributed by atoms with Crippen molar-refractivity contribution < 1.29 is 28.2 Å². The van der Waals surface area contributed by atoms with Crippen molar-refractivity contribution in [2.45, 2.75) is 17.9 Å². The zero-order chi connectivity index (χ0) is 14.6. The highest BCUT2D eigenvalue weighted by atomic mass is 32.2. The molecule has 0 aliphatic heterocycles. The summed E-state index contributed by atoms with van der Waals surface area (Å²) in [6.45, 7) is 1.25. The molecule has 8 heteroatoms. The van der Waals surface area contributed by atoms with Gasteiger partial charge in [-0.05, 0) is 25.1 Å². The first-order chi connectivity index (χ1) is 8.77. The smallest absolute Gasteiger partial charge is 0.335 e. The molecule has 3 N–H and O–H groups in total. The average Bonchev–Trinajstić information content (AvgIpc) is 2.35. The summed E-state index contributed by atoms with van der Waals surface area (Å²) in [7, 11) is -2.67. The summed E-state index contributed by atoms with van der Waals surface area (Å²) in [5.41, 5.74) is -0.168. The van der Waals surface area contributed by atoms with E-state index in [0.29, 0.717) is 0 Å². The fraction of sp³-hybridized carbons (Fsp3) is 0.364. The third kappa shape index (κ3) is 3.91. The lowest BCUT2D eigenvalue weighted by Gasteiger charge is -2.12. The lowest BCUT2D eigenvalue weighted by molar-refractivity contribution is 0.0696. The van der Waals surface area contributed by atoms with Gasteiger partial charge in [-0.25, -0.2) is 17.9 Å². The van der Waals surface area contributed by atoms with Crippen LogP contribution >= 0.6 is 0 Å². The Morgan fingerprint density at radius 2 is 2.11 bits per heavy atom. The molecule has 1 rings (SSSR count). The van der Waals surface area contributed by atoms with Gasteiger partial charge in [0.1, 0.15) is 10.6 Å². The van der Waals surface area contributed by atoms with Crippen molar-refractivity contribution in [3.05, 3.63) is 23.8 Å². The first-order valence-corrected chi connectivity index (χ1v) is 6.85. The molecule has 0 aliphatic rings. The van der Waals surface area contributed by atoms with E-state index < -0.39 is 22.1 Å². The van der Waals surface area contributed by atoms with E-state index in [2.05, 4.69) is 4.72 Å². The number of rotatable bonds is 6. The van der Waals surface area contributed by atoms with Crippen molar-refractivity contribution in [2.75, 3.05) is 13.7 Å². The predicted molar refractivity (Wildman–Crippen MR) is 66.8 cm³/mol. The number of hydrogen-bond donors (Lipinski definition) is 3. The summed E-state index contributed by atoms with van der Waals surface area (Å²) in [6.07, 6.45) is -0.858. The second kappa shape index (κ2) is 6.00. The Balaban J connectivity index is 3.22. The third-order valence-corrected chi connectivity index (χ3v) is 3.71. The Bertz CT molecular complexity index is 567. The molecule has 19 heavy (non-hydrogen) atoms. The first-order valence-electron chi connectivity index (χ1n) is 5.37. The zero-order valence-electron chi connectivity index (χ0n) is 10.5. The molecule has 1 aromatic rings. The third-order valence-electron chi connectivity index (χ3n) is 2.27. The molecule has 1 atom stereocenters. The zero-order valence-corrected chi connectivity index (χ0v) is 11.3. The van der Waals surface area contributed by atoms with Crippen LogP contribution in [-0.2, 0) is 10.0 Å². The quantitative estimate of drug-likeness (QED) is 0.682. The van der Waals surface area contributed by atoms with E-state index in [9.17, 15) is 13.2 Å². The van der Waals surface area contributed by atoms with Gasteiger partial charge < -0.3 is 14.9 Å². The molecule has 0 aromatic heterocycles. The van der Waals surface area contributed by atoms with Gasteiger partial charge in [0.15, 0.2) is 0 Å². The van der Waals surface area contributed by atoms with Crippen LogP contribution < -0.4 is 9.46 Å². The van der Waals surface area contributed by atoms with E-state index in [4.69, 9.17) is 14.9 Å². The van der Waals surface area contributed by atoms with Crippen LogP contribution in [0.1, 0.15) is 17.3 Å². The molecule has 1 aromatic carbocycles. The second-order valence-electron chi connectivity index (χ2n) is 3.87. The molecule has 106 valence electrons. The molecule has 0 saturated carbocycles. The molecule has 0 fully saturated rings. The molecule has 0 aliphatic carbocycles. The predicted octanol–water partition coefficient (Wildman–Crippen LogP) is 0.0525. The van der Waals surface area contributed by atoms with E-state index in [-0.39, 0.29) is 22.8 Å². The number of hydrogen-bond acceptors (Lipinski definition) is 5. The first kappa shape index (κ1) is 15.4. The summed E-state index contributed by atoms with van der Waals surface area (Å²) in [6, 6.07) is 3.51. The van der Waals surface area contributed by atoms with E-state index in [1.807, 2.05) is 0 Å². The summed E-state index contributed by atoms with van der Waals surface area (Å²) < 4.78 is 31.1. The Labute approximate surface area is 110 Å². The summed E-state index contributed by atoms with van der Waals surface area (Å²) in [5.74, 6) is -1.21. The Morgan fingerprint density at radius 1 is 1.47 bits per heavy atom. The number of methoxy groups -OCH3 is 1. The molecule has 1 unspecified atom stereocenters. The molecule has 0 spiro atoms. The molecule has 0 heterocycles. The van der Waals surface area contributed by atoms with E-state index in [0.717, 1.165) is 6.07 Å². The highest BCUT2D eigenvalue weighted by molar-refractivity contribution is 7.89. The number of ether oxygens (including phenoxy) is 1. The Hall–Kier alpha value is -1.64. The largest absolute Gasteiger partial charge is 0.495 e. The van der Waals surface area contributed by atoms with Crippen molar-refractivity contribution >= 4 is 16.0 Å². The van der Waals surface area contributed by atoms with Crippen LogP contribution in [0.15, 0.2) is 23.1 Å². The van der Waals surface area contributed by atoms with Gasteiger partial charge >= 0.3 is 5.97 Å². The number of aliphatic hydroxyl groups is 1. The monoisotopic (exact) mass is 289 g/mol. The maximum Gasteiger partial charge on any atom is 0.335 e. The van der Waals surface area contributed by atoms with E-state index in [1.165, 1.54) is 26.2 Å². The fourth-order valence-corrected chi connectivity index (χ4v) is 2.64. The molecular formula is C11H15NO6S. The second-order valence-corrected chi connectivity index (χ2v) is 5.61. The molecule has 7 nitrogen and oxygen atoms in total. The molecule has 0 radical (unpaired) electrons. The molecule has 0 bridgehead atoms. The Kier molecular flexibility index (Phi) is 4.87. The summed E-state index contributed by atoms with van der Waals surface area (Å²) >= 11 is 0. The number of aromatic carboxylic acids is 1. The minimum absolute atomic E-state index is 0.0306. The number of carboxylic acid groups (broad SMARTS) is 1. The number of aliphatic hydroxyl groups excluding tert-OH is 1. The Morgan fingerprint density at radius 3 is 2.58 bits per heavy atom. The van der Waals surface area contributed by atoms with Gasteiger partial charge in [0.2, 0.25) is 10.0 Å². The van der Waals surface area contributed by atoms with Gasteiger partial charge in [-0.3, -0.25) is 0 Å². The van der Waals surface area contributed by atoms with Crippen LogP contribution in [0.4, 0.5) is 0 Å². The molecule has 0 amide bonds. The summed E-state index contributed by atoms with van der Waals surface area (Å²) in [5, 5.41) is 17.9. The fourth-order valence-electron chi connectivity index (χ4n) is 1.33. The SMILES string of the molecule is COc1ccc(C(=O)O)cc1S(=O)(=O)NCC(C)O. The number of benzene rings is 1. The van der Waals surface area contributed by atoms with Crippen molar-refractivity contribution in [1.29, 1.82) is 0 Å². The maximum absolute atomic E-state index is 12.0. The van der Waals surface area contributed by atoms with Crippen LogP contribution in [0.5, 0.6) is 5.75 Å². The van der Waals surface area contributed by atoms with Crippen LogP contribution in [0.3, 0.4) is 0 Å². The highest BCUT2D eigenvalue weighted by Crippen LogP contribution is 2.24. The minimum atomic E-state index is -3.95. The van der Waals surface area contributed by atoms with E-state index in [1.54, 1.807) is 0 Å². The summed E-state index contributed by atoms with van der Waals surface area (Å²) in [4.78, 5) is 10.6. The van der Waals surface area contributed by atoms with E-state index >= 15 is 0 Å². The van der Waals surface area contributed by atoms with Crippen molar-refractivity contribution in [1.82, 2.24) is 4.72 Å². The van der Waals surface area contributed by atoms with Crippen LogP contribution in [0.25, 0.3) is 0 Å². The van der Waals surface area contributed by atoms with Crippen molar-refractivity contribution in [3.8, 4) is 5.75 Å². The number of sulfonamides is 1. The van der Waals surface area contributed by atoms with Gasteiger partial charge in [0.05, 0.1) is 18.8 Å². The molecular weight excluding hydrogens is 274 g/mol. The van der Waals surface area contributed by atoms with Gasteiger partial charge in [0.25, 0.3) is 0 Å². The average molecular weight is 289 g/mol. The van der Waals surface area contributed by atoms with Crippen molar-refractivity contribution in [3.63, 3.8) is 0 Å². The minimum Gasteiger partial charge on any atom is -0.495 e. The number of carbonyl (C=O) groups is 1. The normalized spacial score (nSPS) is 13.0. The lowest BCUT2D eigenvalue weighted by Crippen LogP contribution is -2.31. The number of nitrogens with one attached hydrogen (secondary N) is 1. The van der Waals surface area contributed by atoms with Crippen LogP contribution in [-0.4, -0.2) is 44.4 Å². The van der Waals surface area contributed by atoms with Crippen LogP contribution in [0, 0.1) is 0 Å². The van der Waals surface area contributed by atoms with Gasteiger partial charge in [-0.15, -0.1) is 0 Å². The lowest BCUT2D eigenvalue weighted by atomic mass is 10.2. The van der Waals surface area contributed by atoms with Gasteiger partial charge in [-0.1, -0.05) is 0 Å². The van der Waals surface area contributed by atoms with Crippen molar-refractivity contribution in [2.24, 2.45) is 0 Å². The van der Waals surface area contributed by atoms with Gasteiger partial charge in [-0.2, -0.15) is 0 Å². The highest BCUT2D eigenvalue weighted by Gasteiger charge is 2.21. The maximum atomic E-state index is 12.0. The number of carboxylic acids is 1. The topological polar surface area (TPSA) is 113 Å². The molecule has 0 saturated heterocycles.